The monoisotopic (exact) mass is 1330 g/mol. The number of carboxylic acids is 5. The van der Waals surface area contributed by atoms with Crippen molar-refractivity contribution in [2.75, 3.05) is 135 Å². The second-order valence-electron chi connectivity index (χ2n) is 22.5. The fourth-order valence-electron chi connectivity index (χ4n) is 10.3. The Morgan fingerprint density at radius 3 is 1.70 bits per heavy atom. The maximum absolute atomic E-state index is 13.9. The lowest BCUT2D eigenvalue weighted by atomic mass is 9.90. The van der Waals surface area contributed by atoms with E-state index in [9.17, 15) is 103 Å². The molecule has 0 radical (unpaired) electrons. The maximum Gasteiger partial charge on any atom is 0.328 e. The highest BCUT2D eigenvalue weighted by Crippen LogP contribution is 2.20. The Balaban J connectivity index is 1.24. The predicted octanol–water partition coefficient (Wildman–Crippen LogP) is -4.08. The summed E-state index contributed by atoms with van der Waals surface area (Å²) in [5.41, 5.74) is -0.730. The van der Waals surface area contributed by atoms with Gasteiger partial charge in [0.15, 0.2) is 17.3 Å². The molecule has 2 heterocycles. The maximum atomic E-state index is 13.9. The number of imidazole rings is 1. The van der Waals surface area contributed by atoms with Gasteiger partial charge in [0.1, 0.15) is 42.4 Å². The Hall–Kier alpha value is -8.77. The molecule has 0 bridgehead atoms. The second kappa shape index (κ2) is 41.0. The number of hydrogen-bond donors (Lipinski definition) is 13. The first kappa shape index (κ1) is 77.7. The molecule has 0 spiro atoms. The molecule has 13 N–H and O–H groups in total. The zero-order valence-electron chi connectivity index (χ0n) is 52.2. The van der Waals surface area contributed by atoms with Gasteiger partial charge < -0.3 is 81.6 Å². The summed E-state index contributed by atoms with van der Waals surface area (Å²) >= 11 is 0. The Kier molecular flexibility index (Phi) is 33.9. The van der Waals surface area contributed by atoms with Crippen LogP contribution in [0.3, 0.4) is 0 Å². The van der Waals surface area contributed by atoms with E-state index in [4.69, 9.17) is 9.47 Å². The fraction of sp³-hybridized carbons (Fsp3) is 0.583. The van der Waals surface area contributed by atoms with E-state index in [1.807, 2.05) is 0 Å². The number of aromatic amines is 1. The van der Waals surface area contributed by atoms with Crippen molar-refractivity contribution in [1.29, 1.82) is 0 Å². The summed E-state index contributed by atoms with van der Waals surface area (Å²) in [7, 11) is 0. The molecule has 1 saturated heterocycles. The van der Waals surface area contributed by atoms with Crippen molar-refractivity contribution in [3.05, 3.63) is 74.6 Å². The number of aromatic nitrogens is 2. The lowest BCUT2D eigenvalue weighted by Crippen LogP contribution is -2.51. The average Bonchev–Trinajstić information content (AvgIpc) is 0.861. The summed E-state index contributed by atoms with van der Waals surface area (Å²) in [5, 5.41) is 80.8. The normalized spacial score (nSPS) is 16.1. The minimum absolute atomic E-state index is 0.0139. The highest BCUT2D eigenvalue weighted by atomic mass is 16.5. The van der Waals surface area contributed by atoms with E-state index < -0.39 is 163 Å². The van der Waals surface area contributed by atoms with Crippen LogP contribution >= 0.6 is 0 Å². The van der Waals surface area contributed by atoms with Crippen molar-refractivity contribution in [3.63, 3.8) is 0 Å². The standard InChI is InChI=1S/C60H85N11O23/c1-37(47(76)27-40(25-42-30-61-36-64-42)58(88)66-44(33-73)48(77)28-39(24-38-6-3-2-4-7-38)57(87)67-45(34-74)59(89)90)65-56(86)41(29-49(78)79)26-43(75)35-94-23-22-93-21-10-63-53-52(54(84)55(53)85)62-9-5-8-46(60(91)92)71-17-15-68(19-20-72)11-12-69(31-50(80)81)13-14-70(16-18-71)32-51(82)83/h2-4,6-7,20,30,36-37,39-41,44-46,62-63,73-74H,5,8-19,21-29,31-35H2,1H3,(H,61,64)(H,65,86)(H,66,88)(H,67,87)(H,78,79)(H,80,81)(H,82,83)(H,89,90)(H,91,92)/t37-,39+,40+,41-,44-,45-,46?/m0/s1. The molecule has 3 aromatic rings. The van der Waals surface area contributed by atoms with Gasteiger partial charge >= 0.3 is 29.8 Å². The first-order valence-electron chi connectivity index (χ1n) is 30.5. The number of carboxylic acid groups (broad SMARTS) is 5. The lowest BCUT2D eigenvalue weighted by Gasteiger charge is -2.35. The van der Waals surface area contributed by atoms with Crippen molar-refractivity contribution in [2.45, 2.75) is 82.5 Å². The van der Waals surface area contributed by atoms with E-state index in [1.165, 1.54) is 19.4 Å². The SMILES string of the molecule is C[C@H](NC(=O)[C@H](CC(=O)O)CC(=O)COCCOCCNc1c(NCCCC(C(=O)O)N2CCN(CC=O)CCN(CC(=O)O)CCN(CC(=O)O)CC2)c(=O)c1=O)C(=O)C[C@@H](Cc1c[nH]cn1)C(=O)N[C@@H](CO)C(=O)C[C@@H](Cc1ccccc1)C(=O)N[C@@H](CO)C(=O)O. The third kappa shape index (κ3) is 27.4. The molecule has 34 heteroatoms. The van der Waals surface area contributed by atoms with Gasteiger partial charge in [0.05, 0.1) is 89.0 Å². The van der Waals surface area contributed by atoms with Crippen molar-refractivity contribution < 1.29 is 103 Å². The molecule has 34 nitrogen and oxygen atoms in total. The number of ketones is 3. The first-order chi connectivity index (χ1) is 44.8. The largest absolute Gasteiger partial charge is 0.481 e. The second-order valence-corrected chi connectivity index (χ2v) is 22.5. The van der Waals surface area contributed by atoms with Crippen LogP contribution < -0.4 is 37.4 Å². The quantitative estimate of drug-likeness (QED) is 0.0145. The fourth-order valence-corrected chi connectivity index (χ4v) is 10.3. The van der Waals surface area contributed by atoms with Crippen molar-refractivity contribution in [1.82, 2.24) is 45.5 Å². The average molecular weight is 1330 g/mol. The molecule has 1 aromatic heterocycles. The summed E-state index contributed by atoms with van der Waals surface area (Å²) in [6.45, 7) is -0.279. The number of nitrogens with zero attached hydrogens (tertiary/aromatic N) is 5. The Morgan fingerprint density at radius 2 is 1.15 bits per heavy atom. The van der Waals surface area contributed by atoms with E-state index in [0.717, 1.165) is 0 Å². The Bertz CT molecular complexity index is 3070. The van der Waals surface area contributed by atoms with Gasteiger partial charge in [-0.25, -0.2) is 9.78 Å². The third-order valence-corrected chi connectivity index (χ3v) is 15.5. The topological polar surface area (TPSA) is 501 Å². The Labute approximate surface area is 539 Å². The molecule has 1 unspecified atom stereocenters. The highest BCUT2D eigenvalue weighted by Gasteiger charge is 2.35. The number of aldehydes is 1. The number of carbonyl (C=O) groups excluding carboxylic acids is 7. The van der Waals surface area contributed by atoms with Gasteiger partial charge in [-0.3, -0.25) is 77.1 Å². The molecule has 518 valence electrons. The molecule has 0 saturated carbocycles. The minimum atomic E-state index is -1.69. The molecule has 3 amide bonds. The van der Waals surface area contributed by atoms with Crippen molar-refractivity contribution in [2.24, 2.45) is 17.8 Å². The number of hydrogen-bond acceptors (Lipinski definition) is 25. The predicted molar refractivity (Wildman–Crippen MR) is 330 cm³/mol. The molecule has 1 aliphatic heterocycles. The number of anilines is 2. The van der Waals surface area contributed by atoms with Gasteiger partial charge in [0, 0.05) is 103 Å². The zero-order chi connectivity index (χ0) is 69.3. The van der Waals surface area contributed by atoms with E-state index in [0.29, 0.717) is 24.1 Å². The molecular formula is C60H85N11O23. The first-order valence-corrected chi connectivity index (χ1v) is 30.5. The number of benzene rings is 1. The smallest absolute Gasteiger partial charge is 0.328 e. The minimum Gasteiger partial charge on any atom is -0.481 e. The number of ether oxygens (including phenoxy) is 2. The molecule has 1 fully saturated rings. The van der Waals surface area contributed by atoms with Crippen LogP contribution in [0, 0.1) is 17.8 Å². The number of H-pyrrole nitrogens is 1. The summed E-state index contributed by atoms with van der Waals surface area (Å²) in [6, 6.07) is 2.66. The van der Waals surface area contributed by atoms with E-state index in [1.54, 1.807) is 49.9 Å². The van der Waals surface area contributed by atoms with Gasteiger partial charge in [0.25, 0.3) is 10.9 Å². The van der Waals surface area contributed by atoms with Gasteiger partial charge in [-0.15, -0.1) is 0 Å². The molecule has 7 atom stereocenters. The van der Waals surface area contributed by atoms with Crippen molar-refractivity contribution >= 4 is 82.6 Å². The number of rotatable bonds is 45. The number of amides is 3. The van der Waals surface area contributed by atoms with Crippen LogP contribution in [0.15, 0.2) is 52.4 Å². The summed E-state index contributed by atoms with van der Waals surface area (Å²) in [4.78, 5) is 190. The van der Waals surface area contributed by atoms with Crippen LogP contribution in [0.5, 0.6) is 0 Å². The molecular weight excluding hydrogens is 1240 g/mol. The van der Waals surface area contributed by atoms with Gasteiger partial charge in [-0.1, -0.05) is 30.3 Å². The van der Waals surface area contributed by atoms with Crippen LogP contribution in [-0.4, -0.2) is 285 Å². The van der Waals surface area contributed by atoms with E-state index >= 15 is 0 Å². The number of aliphatic carboxylic acids is 5. The van der Waals surface area contributed by atoms with Crippen LogP contribution in [0.4, 0.5) is 11.4 Å². The van der Waals surface area contributed by atoms with Gasteiger partial charge in [-0.2, -0.15) is 0 Å². The summed E-state index contributed by atoms with van der Waals surface area (Å²) < 4.78 is 10.9. The number of aliphatic hydroxyl groups is 2. The molecule has 4 rings (SSSR count). The number of aliphatic hydroxyl groups excluding tert-OH is 2. The molecule has 1 aliphatic rings. The van der Waals surface area contributed by atoms with E-state index in [-0.39, 0.29) is 135 Å². The van der Waals surface area contributed by atoms with Crippen LogP contribution in [0.25, 0.3) is 0 Å². The molecule has 0 aliphatic carbocycles. The lowest BCUT2D eigenvalue weighted by molar-refractivity contribution is -0.144. The number of Topliss-reactive ketones (excluding diaryl/α,β-unsaturated/α-hetero) is 3. The van der Waals surface area contributed by atoms with Crippen LogP contribution in [0.2, 0.25) is 0 Å². The molecule has 94 heavy (non-hydrogen) atoms. The highest BCUT2D eigenvalue weighted by molar-refractivity contribution is 5.97. The summed E-state index contributed by atoms with van der Waals surface area (Å²) in [6.07, 6.45) is 0.854. The zero-order valence-corrected chi connectivity index (χ0v) is 52.2. The van der Waals surface area contributed by atoms with Gasteiger partial charge in [0.2, 0.25) is 17.7 Å². The van der Waals surface area contributed by atoms with Crippen molar-refractivity contribution in [3.8, 4) is 0 Å². The molecule has 2 aromatic carbocycles. The van der Waals surface area contributed by atoms with Crippen LogP contribution in [0.1, 0.15) is 56.7 Å². The van der Waals surface area contributed by atoms with Gasteiger partial charge in [-0.05, 0) is 31.7 Å². The Morgan fingerprint density at radius 1 is 0.606 bits per heavy atom. The van der Waals surface area contributed by atoms with E-state index in [2.05, 4.69) is 36.6 Å². The number of carbonyl (C=O) groups is 12. The van der Waals surface area contributed by atoms with Crippen LogP contribution in [-0.2, 0) is 79.8 Å². The summed E-state index contributed by atoms with van der Waals surface area (Å²) in [5.74, 6) is -15.3. The third-order valence-electron chi connectivity index (χ3n) is 15.5. The number of nitrogens with one attached hydrogen (secondary N) is 6.